The second kappa shape index (κ2) is 4.96. The van der Waals surface area contributed by atoms with Gasteiger partial charge in [-0.2, -0.15) is 5.10 Å². The smallest absolute Gasteiger partial charge is 0.255 e. The van der Waals surface area contributed by atoms with Gasteiger partial charge < -0.3 is 5.32 Å². The lowest BCUT2D eigenvalue weighted by atomic mass is 10.1. The average Bonchev–Trinajstić information content (AvgIpc) is 3.02. The van der Waals surface area contributed by atoms with Crippen LogP contribution >= 0.6 is 0 Å². The topological polar surface area (TPSA) is 70.7 Å². The van der Waals surface area contributed by atoms with E-state index in [1.165, 1.54) is 0 Å². The maximum absolute atomic E-state index is 12.5. The van der Waals surface area contributed by atoms with Gasteiger partial charge in [0.1, 0.15) is 0 Å². The fraction of sp³-hybridized carbons (Fsp3) is 0. The molecule has 2 N–H and O–H groups in total. The maximum Gasteiger partial charge on any atom is 0.255 e. The van der Waals surface area contributed by atoms with Crippen molar-refractivity contribution < 1.29 is 4.79 Å². The van der Waals surface area contributed by atoms with E-state index in [9.17, 15) is 4.79 Å². The van der Waals surface area contributed by atoms with E-state index in [1.807, 2.05) is 36.4 Å². The number of carbonyl (C=O) groups excluding carboxylic acids is 1. The fourth-order valence-corrected chi connectivity index (χ4v) is 2.48. The third-order valence-corrected chi connectivity index (χ3v) is 3.60. The number of pyridine rings is 1. The molecular formula is C17H12N4O. The van der Waals surface area contributed by atoms with E-state index >= 15 is 0 Å². The summed E-state index contributed by atoms with van der Waals surface area (Å²) < 4.78 is 0. The largest absolute Gasteiger partial charge is 0.321 e. The number of nitrogens with zero attached hydrogens (tertiary/aromatic N) is 2. The summed E-state index contributed by atoms with van der Waals surface area (Å²) in [6, 6.07) is 15.0. The van der Waals surface area contributed by atoms with Gasteiger partial charge in [-0.15, -0.1) is 0 Å². The zero-order valence-electron chi connectivity index (χ0n) is 11.6. The maximum atomic E-state index is 12.5. The quantitative estimate of drug-likeness (QED) is 0.594. The van der Waals surface area contributed by atoms with Crippen molar-refractivity contribution in [2.45, 2.75) is 0 Å². The predicted molar refractivity (Wildman–Crippen MR) is 85.8 cm³/mol. The number of H-pyrrole nitrogens is 1. The van der Waals surface area contributed by atoms with Crippen LogP contribution in [0.1, 0.15) is 10.4 Å². The first-order valence-electron chi connectivity index (χ1n) is 6.89. The molecule has 0 spiro atoms. The standard InChI is InChI=1S/C17H12N4O/c22-17(11-5-6-14-12(9-11)10-19-21-14)20-16-7-8-18-15-4-2-1-3-13(15)16/h1-10H,(H,19,21)(H,18,20,22). The van der Waals surface area contributed by atoms with Crippen LogP contribution in [0, 0.1) is 0 Å². The monoisotopic (exact) mass is 288 g/mol. The van der Waals surface area contributed by atoms with Crippen LogP contribution in [-0.4, -0.2) is 21.1 Å². The third-order valence-electron chi connectivity index (χ3n) is 3.60. The summed E-state index contributed by atoms with van der Waals surface area (Å²) >= 11 is 0. The summed E-state index contributed by atoms with van der Waals surface area (Å²) in [5, 5.41) is 11.6. The minimum Gasteiger partial charge on any atom is -0.321 e. The highest BCUT2D eigenvalue weighted by atomic mass is 16.1. The van der Waals surface area contributed by atoms with E-state index in [1.54, 1.807) is 24.5 Å². The van der Waals surface area contributed by atoms with E-state index in [0.29, 0.717) is 5.56 Å². The Morgan fingerprint density at radius 1 is 1.09 bits per heavy atom. The van der Waals surface area contributed by atoms with Crippen molar-refractivity contribution in [3.63, 3.8) is 0 Å². The Kier molecular flexibility index (Phi) is 2.83. The normalized spacial score (nSPS) is 10.9. The van der Waals surface area contributed by atoms with Crippen LogP contribution in [0.5, 0.6) is 0 Å². The van der Waals surface area contributed by atoms with Crippen LogP contribution in [0.3, 0.4) is 0 Å². The van der Waals surface area contributed by atoms with Gasteiger partial charge in [0.05, 0.1) is 22.9 Å². The van der Waals surface area contributed by atoms with Crippen molar-refractivity contribution in [3.8, 4) is 0 Å². The molecule has 1 amide bonds. The molecular weight excluding hydrogens is 276 g/mol. The van der Waals surface area contributed by atoms with E-state index in [0.717, 1.165) is 27.5 Å². The summed E-state index contributed by atoms with van der Waals surface area (Å²) in [6.07, 6.45) is 3.39. The molecule has 22 heavy (non-hydrogen) atoms. The SMILES string of the molecule is O=C(Nc1ccnc2ccccc12)c1ccc2[nH]ncc2c1. The van der Waals surface area contributed by atoms with Gasteiger partial charge in [0, 0.05) is 22.5 Å². The van der Waals surface area contributed by atoms with Gasteiger partial charge in [-0.25, -0.2) is 0 Å². The molecule has 5 nitrogen and oxygen atoms in total. The first-order chi connectivity index (χ1) is 10.8. The Hall–Kier alpha value is -3.21. The van der Waals surface area contributed by atoms with Crippen molar-refractivity contribution in [1.82, 2.24) is 15.2 Å². The van der Waals surface area contributed by atoms with Gasteiger partial charge >= 0.3 is 0 Å². The van der Waals surface area contributed by atoms with Crippen LogP contribution < -0.4 is 5.32 Å². The number of carbonyl (C=O) groups is 1. The summed E-state index contributed by atoms with van der Waals surface area (Å²) in [5.41, 5.74) is 3.11. The van der Waals surface area contributed by atoms with Crippen LogP contribution in [0.2, 0.25) is 0 Å². The molecule has 2 aromatic heterocycles. The number of rotatable bonds is 2. The molecule has 0 radical (unpaired) electrons. The van der Waals surface area contributed by atoms with Crippen LogP contribution in [0.4, 0.5) is 5.69 Å². The van der Waals surface area contributed by atoms with Crippen molar-refractivity contribution in [2.75, 3.05) is 5.32 Å². The molecule has 106 valence electrons. The minimum atomic E-state index is -0.153. The number of nitrogens with one attached hydrogen (secondary N) is 2. The number of fused-ring (bicyclic) bond motifs is 2. The second-order valence-corrected chi connectivity index (χ2v) is 5.00. The van der Waals surface area contributed by atoms with Gasteiger partial charge in [-0.05, 0) is 30.3 Å². The van der Waals surface area contributed by atoms with E-state index < -0.39 is 0 Å². The first kappa shape index (κ1) is 12.5. The number of aromatic nitrogens is 3. The Bertz CT molecular complexity index is 985. The lowest BCUT2D eigenvalue weighted by molar-refractivity contribution is 0.102. The van der Waals surface area contributed by atoms with Crippen molar-refractivity contribution in [2.24, 2.45) is 0 Å². The molecule has 0 unspecified atom stereocenters. The lowest BCUT2D eigenvalue weighted by Gasteiger charge is -2.08. The Morgan fingerprint density at radius 3 is 2.95 bits per heavy atom. The molecule has 4 aromatic rings. The van der Waals surface area contributed by atoms with Gasteiger partial charge in [0.25, 0.3) is 5.91 Å². The van der Waals surface area contributed by atoms with E-state index in [-0.39, 0.29) is 5.91 Å². The summed E-state index contributed by atoms with van der Waals surface area (Å²) in [4.78, 5) is 16.8. The summed E-state index contributed by atoms with van der Waals surface area (Å²) in [5.74, 6) is -0.153. The summed E-state index contributed by atoms with van der Waals surface area (Å²) in [6.45, 7) is 0. The molecule has 2 heterocycles. The highest BCUT2D eigenvalue weighted by Crippen LogP contribution is 2.22. The molecule has 0 atom stereocenters. The minimum absolute atomic E-state index is 0.153. The van der Waals surface area contributed by atoms with Gasteiger partial charge in [0.2, 0.25) is 0 Å². The second-order valence-electron chi connectivity index (χ2n) is 5.00. The molecule has 0 fully saturated rings. The van der Waals surface area contributed by atoms with E-state index in [2.05, 4.69) is 20.5 Å². The predicted octanol–water partition coefficient (Wildman–Crippen LogP) is 3.36. The molecule has 2 aromatic carbocycles. The zero-order valence-corrected chi connectivity index (χ0v) is 11.6. The Balaban J connectivity index is 1.71. The zero-order chi connectivity index (χ0) is 14.9. The number of hydrogen-bond donors (Lipinski definition) is 2. The third kappa shape index (κ3) is 2.09. The Labute approximate surface area is 126 Å². The van der Waals surface area contributed by atoms with Crippen molar-refractivity contribution in [3.05, 3.63) is 66.5 Å². The highest BCUT2D eigenvalue weighted by molar-refractivity contribution is 6.09. The molecule has 0 saturated carbocycles. The number of anilines is 1. The van der Waals surface area contributed by atoms with Gasteiger partial charge in [0.15, 0.2) is 0 Å². The Morgan fingerprint density at radius 2 is 2.00 bits per heavy atom. The van der Waals surface area contributed by atoms with Crippen LogP contribution in [0.25, 0.3) is 21.8 Å². The van der Waals surface area contributed by atoms with Crippen LogP contribution in [-0.2, 0) is 0 Å². The van der Waals surface area contributed by atoms with Crippen molar-refractivity contribution >= 4 is 33.4 Å². The fourth-order valence-electron chi connectivity index (χ4n) is 2.48. The molecule has 0 bridgehead atoms. The van der Waals surface area contributed by atoms with Crippen LogP contribution in [0.15, 0.2) is 60.9 Å². The number of para-hydroxylation sites is 1. The molecule has 5 heteroatoms. The molecule has 4 rings (SSSR count). The number of amides is 1. The molecule has 0 aliphatic carbocycles. The lowest BCUT2D eigenvalue weighted by Crippen LogP contribution is -2.12. The molecule has 0 aliphatic rings. The van der Waals surface area contributed by atoms with Gasteiger partial charge in [-0.3, -0.25) is 14.9 Å². The summed E-state index contributed by atoms with van der Waals surface area (Å²) in [7, 11) is 0. The number of benzene rings is 2. The average molecular weight is 288 g/mol. The molecule has 0 aliphatic heterocycles. The highest BCUT2D eigenvalue weighted by Gasteiger charge is 2.09. The van der Waals surface area contributed by atoms with Gasteiger partial charge in [-0.1, -0.05) is 18.2 Å². The van der Waals surface area contributed by atoms with E-state index in [4.69, 9.17) is 0 Å². The van der Waals surface area contributed by atoms with Crippen molar-refractivity contribution in [1.29, 1.82) is 0 Å². The number of aromatic amines is 1. The first-order valence-corrected chi connectivity index (χ1v) is 6.89. The number of hydrogen-bond acceptors (Lipinski definition) is 3. The molecule has 0 saturated heterocycles.